The Hall–Kier alpha value is -2.77. The number of nitrogens with zero attached hydrogens (tertiary/aromatic N) is 3. The molecule has 1 aliphatic heterocycles. The number of amides is 2. The summed E-state index contributed by atoms with van der Waals surface area (Å²) < 4.78 is 25.3. The van der Waals surface area contributed by atoms with E-state index in [4.69, 9.17) is 0 Å². The van der Waals surface area contributed by atoms with Gasteiger partial charge in [-0.15, -0.1) is 0 Å². The average Bonchev–Trinajstić information content (AvgIpc) is 3.16. The van der Waals surface area contributed by atoms with Gasteiger partial charge in [0.2, 0.25) is 5.91 Å². The van der Waals surface area contributed by atoms with Crippen molar-refractivity contribution in [2.24, 2.45) is 0 Å². The molecule has 1 saturated heterocycles. The summed E-state index contributed by atoms with van der Waals surface area (Å²) in [4.78, 5) is 25.6. The van der Waals surface area contributed by atoms with Crippen molar-refractivity contribution in [1.29, 1.82) is 0 Å². The van der Waals surface area contributed by atoms with Crippen molar-refractivity contribution >= 4 is 23.2 Å². The molecule has 1 aliphatic rings. The topological polar surface area (TPSA) is 67.2 Å². The molecule has 1 N–H and O–H groups in total. The first-order chi connectivity index (χ1) is 11.5. The third-order valence-electron chi connectivity index (χ3n) is 3.93. The highest BCUT2D eigenvalue weighted by atomic mass is 19.3. The van der Waals surface area contributed by atoms with E-state index in [0.717, 1.165) is 18.3 Å². The van der Waals surface area contributed by atoms with E-state index in [9.17, 15) is 18.4 Å². The Morgan fingerprint density at radius 2 is 2.00 bits per heavy atom. The molecule has 2 heterocycles. The van der Waals surface area contributed by atoms with E-state index in [1.807, 2.05) is 6.92 Å². The molecule has 0 bridgehead atoms. The van der Waals surface area contributed by atoms with E-state index in [-0.39, 0.29) is 17.6 Å². The second-order valence-corrected chi connectivity index (χ2v) is 5.61. The third-order valence-corrected chi connectivity index (χ3v) is 3.93. The van der Waals surface area contributed by atoms with Crippen LogP contribution >= 0.6 is 0 Å². The molecule has 8 heteroatoms. The second kappa shape index (κ2) is 6.38. The Balaban J connectivity index is 1.69. The smallest absolute Gasteiger partial charge is 0.321 e. The number of nitrogens with one attached hydrogen (secondary N) is 1. The van der Waals surface area contributed by atoms with Crippen LogP contribution in [-0.2, 0) is 4.79 Å². The maximum absolute atomic E-state index is 12.5. The molecule has 1 aromatic carbocycles. The number of rotatable bonds is 4. The fraction of sp³-hybridized carbons (Fsp3) is 0.312. The number of hydrogen-bond acceptors (Lipinski definition) is 3. The highest BCUT2D eigenvalue weighted by molar-refractivity contribution is 6.03. The van der Waals surface area contributed by atoms with E-state index in [2.05, 4.69) is 10.4 Å². The molecule has 2 amide bonds. The molecule has 2 aromatic rings. The number of anilines is 2. The first-order valence-corrected chi connectivity index (χ1v) is 7.52. The van der Waals surface area contributed by atoms with Crippen LogP contribution in [0.1, 0.15) is 36.8 Å². The molecular formula is C16H16F2N4O2. The van der Waals surface area contributed by atoms with Crippen molar-refractivity contribution in [3.05, 3.63) is 42.2 Å². The average molecular weight is 334 g/mol. The van der Waals surface area contributed by atoms with Gasteiger partial charge in [-0.05, 0) is 43.7 Å². The number of hydrogen-bond donors (Lipinski definition) is 1. The minimum absolute atomic E-state index is 0.0804. The van der Waals surface area contributed by atoms with E-state index < -0.39 is 12.5 Å². The van der Waals surface area contributed by atoms with E-state index >= 15 is 0 Å². The Kier molecular flexibility index (Phi) is 4.28. The van der Waals surface area contributed by atoms with E-state index in [0.29, 0.717) is 16.8 Å². The fourth-order valence-electron chi connectivity index (χ4n) is 2.69. The van der Waals surface area contributed by atoms with Crippen molar-refractivity contribution < 1.29 is 18.4 Å². The van der Waals surface area contributed by atoms with Crippen LogP contribution in [-0.4, -0.2) is 27.6 Å². The molecule has 0 saturated carbocycles. The molecule has 1 atom stereocenters. The summed E-state index contributed by atoms with van der Waals surface area (Å²) >= 11 is 0. The quantitative estimate of drug-likeness (QED) is 0.934. The lowest BCUT2D eigenvalue weighted by molar-refractivity contribution is -0.117. The van der Waals surface area contributed by atoms with Gasteiger partial charge in [0.15, 0.2) is 5.69 Å². The molecule has 1 unspecified atom stereocenters. The van der Waals surface area contributed by atoms with Gasteiger partial charge in [-0.25, -0.2) is 4.68 Å². The number of alkyl halides is 2. The maximum Gasteiger partial charge on any atom is 0.333 e. The van der Waals surface area contributed by atoms with Crippen LogP contribution in [0.5, 0.6) is 0 Å². The molecule has 3 rings (SSSR count). The summed E-state index contributed by atoms with van der Waals surface area (Å²) in [6.07, 6.45) is 2.40. The van der Waals surface area contributed by atoms with Crippen LogP contribution in [0.3, 0.4) is 0 Å². The summed E-state index contributed by atoms with van der Waals surface area (Å²) in [7, 11) is 0. The zero-order chi connectivity index (χ0) is 17.3. The summed E-state index contributed by atoms with van der Waals surface area (Å²) in [5.41, 5.74) is 1.17. The lowest BCUT2D eigenvalue weighted by Gasteiger charge is -2.21. The molecule has 6 nitrogen and oxygen atoms in total. The van der Waals surface area contributed by atoms with Crippen molar-refractivity contribution in [2.45, 2.75) is 32.4 Å². The minimum atomic E-state index is -2.79. The fourth-order valence-corrected chi connectivity index (χ4v) is 2.69. The monoisotopic (exact) mass is 334 g/mol. The lowest BCUT2D eigenvalue weighted by Crippen LogP contribution is -2.30. The molecule has 1 fully saturated rings. The number of benzene rings is 1. The second-order valence-electron chi connectivity index (χ2n) is 5.61. The molecule has 24 heavy (non-hydrogen) atoms. The van der Waals surface area contributed by atoms with Gasteiger partial charge in [-0.2, -0.15) is 13.9 Å². The van der Waals surface area contributed by atoms with Gasteiger partial charge in [0.1, 0.15) is 0 Å². The largest absolute Gasteiger partial charge is 0.333 e. The molecule has 0 spiro atoms. The highest BCUT2D eigenvalue weighted by Gasteiger charge is 2.28. The summed E-state index contributed by atoms with van der Waals surface area (Å²) in [5.74, 6) is -0.496. The van der Waals surface area contributed by atoms with Crippen LogP contribution in [0.4, 0.5) is 20.2 Å². The Morgan fingerprint density at radius 1 is 1.29 bits per heavy atom. The Morgan fingerprint density at radius 3 is 2.54 bits per heavy atom. The van der Waals surface area contributed by atoms with Gasteiger partial charge < -0.3 is 10.2 Å². The van der Waals surface area contributed by atoms with Crippen molar-refractivity contribution in [3.8, 4) is 0 Å². The number of halogens is 2. The molecule has 0 aliphatic carbocycles. The molecular weight excluding hydrogens is 318 g/mol. The van der Waals surface area contributed by atoms with Crippen LogP contribution in [0.25, 0.3) is 0 Å². The van der Waals surface area contributed by atoms with Crippen LogP contribution in [0.2, 0.25) is 0 Å². The zero-order valence-corrected chi connectivity index (χ0v) is 12.9. The van der Waals surface area contributed by atoms with Crippen LogP contribution < -0.4 is 10.2 Å². The minimum Gasteiger partial charge on any atom is -0.321 e. The number of aromatic nitrogens is 2. The molecule has 0 radical (unpaired) electrons. The van der Waals surface area contributed by atoms with E-state index in [1.165, 1.54) is 6.07 Å². The SMILES string of the molecule is CC1CCC(=O)N1c1ccc(NC(=O)c2ccn(C(F)F)n2)cc1. The van der Waals surface area contributed by atoms with Crippen molar-refractivity contribution in [1.82, 2.24) is 9.78 Å². The normalized spacial score (nSPS) is 17.6. The highest BCUT2D eigenvalue weighted by Crippen LogP contribution is 2.27. The van der Waals surface area contributed by atoms with Gasteiger partial charge in [-0.1, -0.05) is 0 Å². The third kappa shape index (κ3) is 3.12. The van der Waals surface area contributed by atoms with Crippen LogP contribution in [0, 0.1) is 0 Å². The van der Waals surface area contributed by atoms with Gasteiger partial charge in [-0.3, -0.25) is 9.59 Å². The zero-order valence-electron chi connectivity index (χ0n) is 12.9. The number of carbonyl (C=O) groups is 2. The molecule has 1 aromatic heterocycles. The first-order valence-electron chi connectivity index (χ1n) is 7.52. The predicted molar refractivity (Wildman–Crippen MR) is 84.1 cm³/mol. The predicted octanol–water partition coefficient (Wildman–Crippen LogP) is 3.05. The van der Waals surface area contributed by atoms with Crippen molar-refractivity contribution in [2.75, 3.05) is 10.2 Å². The standard InChI is InChI=1S/C16H16F2N4O2/c1-10-2-7-14(23)22(10)12-5-3-11(4-6-12)19-15(24)13-8-9-21(20-13)16(17)18/h3-6,8-10,16H,2,7H2,1H3,(H,19,24). The summed E-state index contributed by atoms with van der Waals surface area (Å²) in [5, 5.41) is 6.10. The maximum atomic E-state index is 12.5. The first kappa shape index (κ1) is 16.1. The van der Waals surface area contributed by atoms with Gasteiger partial charge in [0.25, 0.3) is 5.91 Å². The van der Waals surface area contributed by atoms with Gasteiger partial charge in [0, 0.05) is 30.0 Å². The molecule has 126 valence electrons. The van der Waals surface area contributed by atoms with Crippen LogP contribution in [0.15, 0.2) is 36.5 Å². The van der Waals surface area contributed by atoms with E-state index in [1.54, 1.807) is 29.2 Å². The lowest BCUT2D eigenvalue weighted by atomic mass is 10.2. The van der Waals surface area contributed by atoms with Gasteiger partial charge in [0.05, 0.1) is 0 Å². The van der Waals surface area contributed by atoms with Crippen molar-refractivity contribution in [3.63, 3.8) is 0 Å². The summed E-state index contributed by atoms with van der Waals surface area (Å²) in [6, 6.07) is 8.18. The summed E-state index contributed by atoms with van der Waals surface area (Å²) in [6.45, 7) is -0.800. The Bertz CT molecular complexity index is 758. The Labute approximate surface area is 137 Å². The number of carbonyl (C=O) groups excluding carboxylic acids is 2. The van der Waals surface area contributed by atoms with Gasteiger partial charge >= 0.3 is 6.55 Å².